The largest absolute Gasteiger partial charge is 0.464 e. The Hall–Kier alpha value is -2.17. The van der Waals surface area contributed by atoms with Crippen molar-refractivity contribution >= 4 is 5.97 Å². The molecule has 2 aromatic rings. The van der Waals surface area contributed by atoms with E-state index in [-0.39, 0.29) is 19.1 Å². The first-order valence-electron chi connectivity index (χ1n) is 8.26. The van der Waals surface area contributed by atoms with Gasteiger partial charge in [0.25, 0.3) is 0 Å². The van der Waals surface area contributed by atoms with Crippen LogP contribution in [0.1, 0.15) is 24.5 Å². The maximum atomic E-state index is 11.4. The normalized spacial score (nSPS) is 13.3. The molecule has 0 spiro atoms. The van der Waals surface area contributed by atoms with Crippen LogP contribution in [0.15, 0.2) is 48.5 Å². The summed E-state index contributed by atoms with van der Waals surface area (Å²) in [7, 11) is 0. The van der Waals surface area contributed by atoms with Crippen LogP contribution < -0.4 is 5.73 Å². The highest BCUT2D eigenvalue weighted by Crippen LogP contribution is 2.21. The quantitative estimate of drug-likeness (QED) is 0.767. The Morgan fingerprint density at radius 1 is 1.17 bits per heavy atom. The molecule has 0 aliphatic carbocycles. The fourth-order valence-corrected chi connectivity index (χ4v) is 2.67. The molecule has 0 aliphatic heterocycles. The maximum Gasteiger partial charge on any atom is 0.335 e. The number of carbonyl (C=O) groups is 1. The number of ether oxygens (including phenoxy) is 1. The van der Waals surface area contributed by atoms with Crippen LogP contribution >= 0.6 is 0 Å². The number of rotatable bonds is 7. The molecule has 4 nitrogen and oxygen atoms in total. The first-order chi connectivity index (χ1) is 11.5. The van der Waals surface area contributed by atoms with Crippen LogP contribution in [0.4, 0.5) is 0 Å². The first kappa shape index (κ1) is 18.2. The number of esters is 1. The number of aliphatic hydroxyl groups is 1. The van der Waals surface area contributed by atoms with Crippen molar-refractivity contribution in [1.29, 1.82) is 0 Å². The van der Waals surface area contributed by atoms with E-state index >= 15 is 0 Å². The van der Waals surface area contributed by atoms with Crippen molar-refractivity contribution in [3.8, 4) is 11.1 Å². The summed E-state index contributed by atoms with van der Waals surface area (Å²) in [5.74, 6) is -0.609. The van der Waals surface area contributed by atoms with E-state index < -0.39 is 12.1 Å². The Morgan fingerprint density at radius 2 is 1.88 bits per heavy atom. The minimum atomic E-state index is -1.16. The predicted molar refractivity (Wildman–Crippen MR) is 95.6 cm³/mol. The third-order valence-electron chi connectivity index (χ3n) is 3.89. The zero-order chi connectivity index (χ0) is 17.5. The van der Waals surface area contributed by atoms with E-state index in [1.54, 1.807) is 6.92 Å². The summed E-state index contributed by atoms with van der Waals surface area (Å²) in [5.41, 5.74) is 10.7. The van der Waals surface area contributed by atoms with Gasteiger partial charge >= 0.3 is 5.97 Å². The molecule has 0 aliphatic rings. The molecule has 0 fully saturated rings. The second kappa shape index (κ2) is 8.62. The first-order valence-corrected chi connectivity index (χ1v) is 8.26. The minimum absolute atomic E-state index is 0.193. The number of hydrogen-bond acceptors (Lipinski definition) is 4. The zero-order valence-corrected chi connectivity index (χ0v) is 14.2. The van der Waals surface area contributed by atoms with Crippen molar-refractivity contribution in [2.75, 3.05) is 6.61 Å². The molecule has 3 N–H and O–H groups in total. The highest BCUT2D eigenvalue weighted by molar-refractivity contribution is 5.74. The molecule has 0 saturated carbocycles. The Kier molecular flexibility index (Phi) is 6.53. The van der Waals surface area contributed by atoms with Gasteiger partial charge in [0.15, 0.2) is 6.10 Å². The van der Waals surface area contributed by atoms with Gasteiger partial charge in [-0.25, -0.2) is 4.79 Å². The Morgan fingerprint density at radius 3 is 2.50 bits per heavy atom. The molecule has 0 heterocycles. The minimum Gasteiger partial charge on any atom is -0.464 e. The fourth-order valence-electron chi connectivity index (χ4n) is 2.67. The lowest BCUT2D eigenvalue weighted by atomic mass is 9.98. The maximum absolute atomic E-state index is 11.4. The predicted octanol–water partition coefficient (Wildman–Crippen LogP) is 2.85. The number of benzene rings is 2. The molecular formula is C20H25NO3. The van der Waals surface area contributed by atoms with Gasteiger partial charge < -0.3 is 15.6 Å². The van der Waals surface area contributed by atoms with Crippen molar-refractivity contribution in [1.82, 2.24) is 0 Å². The molecule has 2 atom stereocenters. The van der Waals surface area contributed by atoms with Gasteiger partial charge in [-0.15, -0.1) is 0 Å². The molecule has 24 heavy (non-hydrogen) atoms. The van der Waals surface area contributed by atoms with Crippen molar-refractivity contribution in [3.05, 3.63) is 59.7 Å². The lowest BCUT2D eigenvalue weighted by Crippen LogP contribution is -2.33. The van der Waals surface area contributed by atoms with E-state index in [0.717, 1.165) is 11.1 Å². The average Bonchev–Trinajstić information content (AvgIpc) is 2.55. The lowest BCUT2D eigenvalue weighted by molar-refractivity contribution is -0.153. The molecular weight excluding hydrogens is 302 g/mol. The molecule has 0 bridgehead atoms. The Bertz CT molecular complexity index is 667. The van der Waals surface area contributed by atoms with Crippen LogP contribution in [0.2, 0.25) is 0 Å². The summed E-state index contributed by atoms with van der Waals surface area (Å²) in [6.45, 7) is 4.04. The highest BCUT2D eigenvalue weighted by atomic mass is 16.5. The smallest absolute Gasteiger partial charge is 0.335 e. The van der Waals surface area contributed by atoms with Crippen LogP contribution in [0, 0.1) is 6.92 Å². The van der Waals surface area contributed by atoms with Crippen molar-refractivity contribution in [3.63, 3.8) is 0 Å². The van der Waals surface area contributed by atoms with Gasteiger partial charge in [0.05, 0.1) is 6.61 Å². The summed E-state index contributed by atoms with van der Waals surface area (Å²) in [4.78, 5) is 11.4. The second-order valence-corrected chi connectivity index (χ2v) is 6.03. The van der Waals surface area contributed by atoms with E-state index in [0.29, 0.717) is 6.42 Å². The van der Waals surface area contributed by atoms with Crippen molar-refractivity contribution in [2.24, 2.45) is 5.73 Å². The Balaban J connectivity index is 1.95. The summed E-state index contributed by atoms with van der Waals surface area (Å²) in [6.07, 6.45) is -0.366. The molecule has 0 saturated heterocycles. The van der Waals surface area contributed by atoms with Gasteiger partial charge in [-0.05, 0) is 43.4 Å². The van der Waals surface area contributed by atoms with Crippen LogP contribution in [-0.4, -0.2) is 29.8 Å². The fraction of sp³-hybridized carbons (Fsp3) is 0.350. The molecule has 1 unspecified atom stereocenters. The van der Waals surface area contributed by atoms with Crippen LogP contribution in [0.5, 0.6) is 0 Å². The molecule has 0 amide bonds. The standard InChI is InChI=1S/C20H25NO3/c1-3-24-20(23)19(22)13-18(21)12-15-7-9-16(10-8-15)17-6-4-5-14(2)11-17/h4-11,18-19,22H,3,12-13,21H2,1-2H3/t18-,19?/m1/s1. The number of carbonyl (C=O) groups excluding carboxylic acids is 1. The van der Waals surface area contributed by atoms with E-state index in [2.05, 4.69) is 37.3 Å². The van der Waals surface area contributed by atoms with E-state index in [4.69, 9.17) is 10.5 Å². The van der Waals surface area contributed by atoms with E-state index in [1.165, 1.54) is 11.1 Å². The van der Waals surface area contributed by atoms with E-state index in [9.17, 15) is 9.90 Å². The lowest BCUT2D eigenvalue weighted by Gasteiger charge is -2.15. The van der Waals surface area contributed by atoms with Gasteiger partial charge in [0.2, 0.25) is 0 Å². The van der Waals surface area contributed by atoms with Gasteiger partial charge in [0.1, 0.15) is 0 Å². The van der Waals surface area contributed by atoms with Crippen molar-refractivity contribution < 1.29 is 14.6 Å². The topological polar surface area (TPSA) is 72.5 Å². The zero-order valence-electron chi connectivity index (χ0n) is 14.2. The van der Waals surface area contributed by atoms with Gasteiger partial charge in [-0.3, -0.25) is 0 Å². The number of aryl methyl sites for hydroxylation is 1. The van der Waals surface area contributed by atoms with Gasteiger partial charge in [0, 0.05) is 6.04 Å². The van der Waals surface area contributed by atoms with Crippen LogP contribution in [-0.2, 0) is 16.0 Å². The third-order valence-corrected chi connectivity index (χ3v) is 3.89. The van der Waals surface area contributed by atoms with Crippen LogP contribution in [0.3, 0.4) is 0 Å². The SMILES string of the molecule is CCOC(=O)C(O)C[C@H](N)Cc1ccc(-c2cccc(C)c2)cc1. The van der Waals surface area contributed by atoms with Crippen LogP contribution in [0.25, 0.3) is 11.1 Å². The summed E-state index contributed by atoms with van der Waals surface area (Å²) in [5, 5.41) is 9.76. The Labute approximate surface area is 143 Å². The van der Waals surface area contributed by atoms with Gasteiger partial charge in [-0.2, -0.15) is 0 Å². The third kappa shape index (κ3) is 5.18. The van der Waals surface area contributed by atoms with Gasteiger partial charge in [-0.1, -0.05) is 54.1 Å². The molecule has 0 radical (unpaired) electrons. The molecule has 128 valence electrons. The van der Waals surface area contributed by atoms with Crippen molar-refractivity contribution in [2.45, 2.75) is 38.8 Å². The average molecular weight is 327 g/mol. The summed E-state index contributed by atoms with van der Waals surface area (Å²) in [6, 6.07) is 16.3. The molecule has 4 heteroatoms. The number of nitrogens with two attached hydrogens (primary N) is 1. The highest BCUT2D eigenvalue weighted by Gasteiger charge is 2.19. The molecule has 2 aromatic carbocycles. The molecule has 0 aromatic heterocycles. The number of aliphatic hydroxyl groups excluding tert-OH is 1. The van der Waals surface area contributed by atoms with E-state index in [1.807, 2.05) is 18.2 Å². The summed E-state index contributed by atoms with van der Waals surface area (Å²) >= 11 is 0. The monoisotopic (exact) mass is 327 g/mol. The molecule has 2 rings (SSSR count). The second-order valence-electron chi connectivity index (χ2n) is 6.03. The summed E-state index contributed by atoms with van der Waals surface area (Å²) < 4.78 is 4.78. The number of hydrogen-bond donors (Lipinski definition) is 2.